The summed E-state index contributed by atoms with van der Waals surface area (Å²) in [6.45, 7) is -0.601. The first-order valence-electron chi connectivity index (χ1n) is 7.43. The van der Waals surface area contributed by atoms with Gasteiger partial charge < -0.3 is 45.2 Å². The Morgan fingerprint density at radius 3 is 2.17 bits per heavy atom. The molecular formula is C13H25NO9. The van der Waals surface area contributed by atoms with Crippen LogP contribution in [0.5, 0.6) is 0 Å². The van der Waals surface area contributed by atoms with Gasteiger partial charge in [0.15, 0.2) is 6.29 Å². The molecular weight excluding hydrogens is 314 g/mol. The molecule has 23 heavy (non-hydrogen) atoms. The number of hydrogen-bond donors (Lipinski definition) is 7. The molecule has 2 aliphatic rings. The Balaban J connectivity index is 2.09. The van der Waals surface area contributed by atoms with Gasteiger partial charge in [0.2, 0.25) is 0 Å². The molecule has 2 rings (SSSR count). The smallest absolute Gasteiger partial charge is 0.186 e. The second-order valence-electron chi connectivity index (χ2n) is 6.00. The normalized spacial score (nSPS) is 49.3. The van der Waals surface area contributed by atoms with E-state index in [1.807, 2.05) is 0 Å². The van der Waals surface area contributed by atoms with E-state index in [4.69, 9.17) is 9.47 Å². The third-order valence-electron chi connectivity index (χ3n) is 4.53. The van der Waals surface area contributed by atoms with Crippen LogP contribution >= 0.6 is 0 Å². The highest BCUT2D eigenvalue weighted by Crippen LogP contribution is 2.25. The fraction of sp³-hybridized carbons (Fsp3) is 1.00. The summed E-state index contributed by atoms with van der Waals surface area (Å²) in [6, 6.07) is -0.866. The van der Waals surface area contributed by atoms with E-state index in [2.05, 4.69) is 0 Å². The molecule has 0 saturated carbocycles. The minimum atomic E-state index is -1.49. The van der Waals surface area contributed by atoms with Crippen LogP contribution in [0.4, 0.5) is 0 Å². The van der Waals surface area contributed by atoms with E-state index >= 15 is 0 Å². The molecule has 2 aliphatic heterocycles. The number of β-amino-alcohol motifs (C(OH)–C–C–N with tert-alkyl or cyclic N) is 1. The van der Waals surface area contributed by atoms with E-state index in [1.54, 1.807) is 0 Å². The lowest BCUT2D eigenvalue weighted by molar-refractivity contribution is -0.294. The predicted molar refractivity (Wildman–Crippen MR) is 74.2 cm³/mol. The van der Waals surface area contributed by atoms with Crippen molar-refractivity contribution < 1.29 is 45.2 Å². The van der Waals surface area contributed by atoms with Crippen LogP contribution in [-0.2, 0) is 9.47 Å². The average Bonchev–Trinajstić information content (AvgIpc) is 2.53. The molecule has 0 bridgehead atoms. The molecule has 0 radical (unpaired) electrons. The number of aliphatic hydroxyl groups excluding tert-OH is 7. The zero-order valence-electron chi connectivity index (χ0n) is 12.7. The Kier molecular flexibility index (Phi) is 6.30. The standard InChI is InChI=1S/C13H25NO9/c1-22-13-12(21)11(20)10(19)7(23-13)3-14-2-6(16)9(18)8(17)5(14)4-15/h5-13,15-21H,2-4H2,1H3/t5?,6?,7-,8?,9?,10-,11+,12-,13+/m1/s1. The molecule has 136 valence electrons. The van der Waals surface area contributed by atoms with Gasteiger partial charge in [0.05, 0.1) is 18.8 Å². The van der Waals surface area contributed by atoms with Crippen LogP contribution in [0.1, 0.15) is 0 Å². The van der Waals surface area contributed by atoms with Gasteiger partial charge in [0, 0.05) is 20.2 Å². The van der Waals surface area contributed by atoms with Gasteiger partial charge in [-0.05, 0) is 0 Å². The van der Waals surface area contributed by atoms with Crippen molar-refractivity contribution in [2.75, 3.05) is 26.8 Å². The van der Waals surface area contributed by atoms with E-state index in [0.717, 1.165) is 0 Å². The molecule has 0 aromatic carbocycles. The first-order valence-corrected chi connectivity index (χ1v) is 7.43. The molecule has 10 nitrogen and oxygen atoms in total. The number of ether oxygens (including phenoxy) is 2. The first-order chi connectivity index (χ1) is 10.8. The number of aliphatic hydroxyl groups is 7. The first kappa shape index (κ1) is 18.9. The molecule has 0 amide bonds. The predicted octanol–water partition coefficient (Wildman–Crippen LogP) is -4.80. The minimum Gasteiger partial charge on any atom is -0.395 e. The summed E-state index contributed by atoms with van der Waals surface area (Å²) >= 11 is 0. The van der Waals surface area contributed by atoms with Crippen LogP contribution in [0, 0.1) is 0 Å². The molecule has 2 fully saturated rings. The zero-order valence-corrected chi connectivity index (χ0v) is 12.7. The highest BCUT2D eigenvalue weighted by molar-refractivity contribution is 4.97. The van der Waals surface area contributed by atoms with Gasteiger partial charge in [-0.25, -0.2) is 0 Å². The number of rotatable bonds is 4. The lowest BCUT2D eigenvalue weighted by Crippen LogP contribution is -2.66. The Morgan fingerprint density at radius 1 is 0.957 bits per heavy atom. The lowest BCUT2D eigenvalue weighted by atomic mass is 9.92. The highest BCUT2D eigenvalue weighted by Gasteiger charge is 2.47. The summed E-state index contributed by atoms with van der Waals surface area (Å²) in [5.74, 6) is 0. The number of hydrogen-bond acceptors (Lipinski definition) is 10. The van der Waals surface area contributed by atoms with Crippen LogP contribution in [0.3, 0.4) is 0 Å². The van der Waals surface area contributed by atoms with Crippen LogP contribution in [-0.4, -0.2) is 123 Å². The summed E-state index contributed by atoms with van der Waals surface area (Å²) in [4.78, 5) is 1.45. The third-order valence-corrected chi connectivity index (χ3v) is 4.53. The van der Waals surface area contributed by atoms with Crippen molar-refractivity contribution in [2.45, 2.75) is 55.1 Å². The second-order valence-corrected chi connectivity index (χ2v) is 6.00. The van der Waals surface area contributed by atoms with Gasteiger partial charge in [-0.1, -0.05) is 0 Å². The summed E-state index contributed by atoms with van der Waals surface area (Å²) in [6.07, 6.45) is -10.5. The molecule has 0 aliphatic carbocycles. The van der Waals surface area contributed by atoms with E-state index in [-0.39, 0.29) is 13.1 Å². The van der Waals surface area contributed by atoms with Crippen molar-refractivity contribution in [1.82, 2.24) is 4.90 Å². The van der Waals surface area contributed by atoms with Gasteiger partial charge in [0.1, 0.15) is 36.6 Å². The summed E-state index contributed by atoms with van der Waals surface area (Å²) in [7, 11) is 1.27. The summed E-state index contributed by atoms with van der Waals surface area (Å²) in [5, 5.41) is 68.4. The molecule has 10 heteroatoms. The van der Waals surface area contributed by atoms with Gasteiger partial charge in [-0.3, -0.25) is 4.90 Å². The van der Waals surface area contributed by atoms with E-state index in [0.29, 0.717) is 0 Å². The average molecular weight is 339 g/mol. The summed E-state index contributed by atoms with van der Waals surface area (Å²) in [5.41, 5.74) is 0. The minimum absolute atomic E-state index is 0.0587. The molecule has 2 saturated heterocycles. The maximum atomic E-state index is 10.0. The molecule has 0 spiro atoms. The SMILES string of the molecule is CO[C@H]1O[C@H](CN2CC(O)C(O)C(O)C2CO)[C@@H](O)[C@H](O)[C@H]1O. The topological polar surface area (TPSA) is 163 Å². The Labute approximate surface area is 133 Å². The fourth-order valence-electron chi connectivity index (χ4n) is 3.08. The Morgan fingerprint density at radius 2 is 1.61 bits per heavy atom. The quantitative estimate of drug-likeness (QED) is 0.264. The number of nitrogens with zero attached hydrogens (tertiary/aromatic N) is 1. The monoisotopic (exact) mass is 339 g/mol. The van der Waals surface area contributed by atoms with Gasteiger partial charge in [0.25, 0.3) is 0 Å². The van der Waals surface area contributed by atoms with Gasteiger partial charge in [-0.15, -0.1) is 0 Å². The van der Waals surface area contributed by atoms with Crippen molar-refractivity contribution in [1.29, 1.82) is 0 Å². The number of likely N-dealkylation sites (tertiary alicyclic amines) is 1. The van der Waals surface area contributed by atoms with E-state index in [1.165, 1.54) is 12.0 Å². The number of methoxy groups -OCH3 is 1. The van der Waals surface area contributed by atoms with Crippen molar-refractivity contribution in [3.05, 3.63) is 0 Å². The molecule has 0 aromatic heterocycles. The maximum Gasteiger partial charge on any atom is 0.186 e. The molecule has 9 atom stereocenters. The second kappa shape index (κ2) is 7.66. The Bertz CT molecular complexity index is 384. The molecule has 2 heterocycles. The lowest BCUT2D eigenvalue weighted by Gasteiger charge is -2.46. The molecule has 0 aromatic rings. The van der Waals surface area contributed by atoms with Crippen molar-refractivity contribution >= 4 is 0 Å². The third kappa shape index (κ3) is 3.66. The number of piperidine rings is 1. The van der Waals surface area contributed by atoms with Crippen LogP contribution in [0.2, 0.25) is 0 Å². The fourth-order valence-corrected chi connectivity index (χ4v) is 3.08. The van der Waals surface area contributed by atoms with Crippen LogP contribution in [0.15, 0.2) is 0 Å². The van der Waals surface area contributed by atoms with Crippen molar-refractivity contribution in [3.8, 4) is 0 Å². The maximum absolute atomic E-state index is 10.0. The molecule has 7 N–H and O–H groups in total. The van der Waals surface area contributed by atoms with Crippen molar-refractivity contribution in [3.63, 3.8) is 0 Å². The van der Waals surface area contributed by atoms with Crippen molar-refractivity contribution in [2.24, 2.45) is 0 Å². The van der Waals surface area contributed by atoms with Gasteiger partial charge in [-0.2, -0.15) is 0 Å². The van der Waals surface area contributed by atoms with E-state index in [9.17, 15) is 35.7 Å². The summed E-state index contributed by atoms with van der Waals surface area (Å²) < 4.78 is 10.3. The highest BCUT2D eigenvalue weighted by atomic mass is 16.7. The zero-order chi connectivity index (χ0) is 17.3. The Hall–Kier alpha value is -0.400. The largest absolute Gasteiger partial charge is 0.395 e. The van der Waals surface area contributed by atoms with E-state index < -0.39 is 61.7 Å². The molecule has 4 unspecified atom stereocenters. The van der Waals surface area contributed by atoms with Crippen LogP contribution in [0.25, 0.3) is 0 Å². The van der Waals surface area contributed by atoms with Gasteiger partial charge >= 0.3 is 0 Å². The van der Waals surface area contributed by atoms with Crippen LogP contribution < -0.4 is 0 Å².